The number of rotatable bonds is 8. The Morgan fingerprint density at radius 2 is 1.76 bits per heavy atom. The maximum Gasteiger partial charge on any atom is 0.269 e. The molecular weight excluding hydrogens is 404 g/mol. The number of hydrogen-bond acceptors (Lipinski definition) is 8. The molecule has 2 aromatic carbocycles. The van der Waals surface area contributed by atoms with Gasteiger partial charge >= 0.3 is 0 Å². The number of ketones is 1. The van der Waals surface area contributed by atoms with Crippen LogP contribution in [0.5, 0.6) is 11.5 Å². The quantitative estimate of drug-likeness (QED) is 0.297. The first-order valence-electron chi connectivity index (χ1n) is 8.15. The highest BCUT2D eigenvalue weighted by molar-refractivity contribution is 6.32. The van der Waals surface area contributed by atoms with E-state index in [2.05, 4.69) is 15.5 Å². The van der Waals surface area contributed by atoms with Crippen LogP contribution < -0.4 is 14.8 Å². The average Bonchev–Trinajstić information content (AvgIpc) is 2.68. The van der Waals surface area contributed by atoms with Crippen molar-refractivity contribution in [3.63, 3.8) is 0 Å². The molecule has 0 saturated heterocycles. The molecule has 2 aromatic rings. The number of amides is 1. The number of non-ortho nitro benzene ring substituents is 1. The minimum absolute atomic E-state index is 0.117. The molecule has 0 aliphatic carbocycles. The summed E-state index contributed by atoms with van der Waals surface area (Å²) in [6, 6.07) is 6.64. The standard InChI is InChI=1S/C18H17ClN4O6/c1-10(24)17(22-21-11-4-6-12(7-5-11)23(26)27)18(25)20-14-8-13(19)15(28-2)9-16(14)29-3/h4-9,17H,1-3H3,(H,20,25). The van der Waals surface area contributed by atoms with E-state index >= 15 is 0 Å². The SMILES string of the molecule is COc1cc(OC)c(NC(=O)C(N=Nc2ccc([N+](=O)[O-])cc2)C(C)=O)cc1Cl. The Bertz CT molecular complexity index is 962. The minimum atomic E-state index is -1.43. The summed E-state index contributed by atoms with van der Waals surface area (Å²) in [6.07, 6.45) is 0. The zero-order chi connectivity index (χ0) is 21.6. The predicted octanol–water partition coefficient (Wildman–Crippen LogP) is 3.95. The molecule has 0 saturated carbocycles. The second-order valence-electron chi connectivity index (χ2n) is 5.68. The van der Waals surface area contributed by atoms with Crippen molar-refractivity contribution < 1.29 is 24.0 Å². The van der Waals surface area contributed by atoms with Crippen molar-refractivity contribution in [2.75, 3.05) is 19.5 Å². The molecule has 11 heteroatoms. The Morgan fingerprint density at radius 3 is 2.28 bits per heavy atom. The number of methoxy groups -OCH3 is 2. The largest absolute Gasteiger partial charge is 0.495 e. The van der Waals surface area contributed by atoms with Gasteiger partial charge in [0.15, 0.2) is 5.78 Å². The Kier molecular flexibility index (Phi) is 7.21. The van der Waals surface area contributed by atoms with E-state index in [4.69, 9.17) is 21.1 Å². The molecule has 0 fully saturated rings. The van der Waals surface area contributed by atoms with Gasteiger partial charge < -0.3 is 14.8 Å². The summed E-state index contributed by atoms with van der Waals surface area (Å²) in [6.45, 7) is 1.19. The number of nitrogens with zero attached hydrogens (tertiary/aromatic N) is 3. The van der Waals surface area contributed by atoms with E-state index in [1.54, 1.807) is 0 Å². The molecule has 0 spiro atoms. The summed E-state index contributed by atoms with van der Waals surface area (Å²) >= 11 is 6.07. The minimum Gasteiger partial charge on any atom is -0.495 e. The second-order valence-corrected chi connectivity index (χ2v) is 6.09. The number of carbonyl (C=O) groups excluding carboxylic acids is 2. The number of nitrogens with one attached hydrogen (secondary N) is 1. The van der Waals surface area contributed by atoms with Gasteiger partial charge in [-0.3, -0.25) is 19.7 Å². The lowest BCUT2D eigenvalue weighted by molar-refractivity contribution is -0.384. The predicted molar refractivity (Wildman–Crippen MR) is 105 cm³/mol. The first-order valence-corrected chi connectivity index (χ1v) is 8.52. The maximum atomic E-state index is 12.5. The summed E-state index contributed by atoms with van der Waals surface area (Å²) in [4.78, 5) is 34.5. The molecular formula is C18H17ClN4O6. The molecule has 1 amide bonds. The van der Waals surface area contributed by atoms with E-state index in [9.17, 15) is 19.7 Å². The van der Waals surface area contributed by atoms with Crippen molar-refractivity contribution >= 4 is 40.4 Å². The van der Waals surface area contributed by atoms with Gasteiger partial charge in [0, 0.05) is 18.2 Å². The fourth-order valence-corrected chi connectivity index (χ4v) is 2.48. The van der Waals surface area contributed by atoms with Gasteiger partial charge in [-0.15, -0.1) is 0 Å². The Morgan fingerprint density at radius 1 is 1.14 bits per heavy atom. The summed E-state index contributed by atoms with van der Waals surface area (Å²) in [5.74, 6) is -0.675. The van der Waals surface area contributed by atoms with Crippen molar-refractivity contribution in [1.29, 1.82) is 0 Å². The van der Waals surface area contributed by atoms with Crippen LogP contribution in [0.15, 0.2) is 46.6 Å². The Hall–Kier alpha value is -3.53. The van der Waals surface area contributed by atoms with Crippen LogP contribution in [0.4, 0.5) is 17.1 Å². The number of benzene rings is 2. The van der Waals surface area contributed by atoms with Gasteiger partial charge in [0.05, 0.1) is 35.5 Å². The average molecular weight is 421 g/mol. The molecule has 1 N–H and O–H groups in total. The summed E-state index contributed by atoms with van der Waals surface area (Å²) in [5, 5.41) is 21.0. The van der Waals surface area contributed by atoms with Crippen molar-refractivity contribution in [3.8, 4) is 11.5 Å². The van der Waals surface area contributed by atoms with E-state index in [1.165, 1.54) is 57.5 Å². The molecule has 0 heterocycles. The van der Waals surface area contributed by atoms with Crippen LogP contribution in [-0.2, 0) is 9.59 Å². The number of azo groups is 1. The van der Waals surface area contributed by atoms with Crippen molar-refractivity contribution in [2.24, 2.45) is 10.2 Å². The third kappa shape index (κ3) is 5.48. The maximum absolute atomic E-state index is 12.5. The van der Waals surface area contributed by atoms with Gasteiger partial charge in [-0.1, -0.05) is 11.6 Å². The molecule has 152 valence electrons. The molecule has 1 unspecified atom stereocenters. The number of nitro benzene ring substituents is 1. The Balaban J connectivity index is 2.23. The molecule has 0 radical (unpaired) electrons. The van der Waals surface area contributed by atoms with Crippen LogP contribution in [-0.4, -0.2) is 36.9 Å². The molecule has 0 aliphatic heterocycles. The van der Waals surface area contributed by atoms with E-state index in [-0.39, 0.29) is 27.8 Å². The number of nitro groups is 1. The monoisotopic (exact) mass is 420 g/mol. The van der Waals surface area contributed by atoms with Gasteiger partial charge in [0.25, 0.3) is 11.6 Å². The highest BCUT2D eigenvalue weighted by Gasteiger charge is 2.25. The van der Waals surface area contributed by atoms with Crippen LogP contribution >= 0.6 is 11.6 Å². The highest BCUT2D eigenvalue weighted by atomic mass is 35.5. The second kappa shape index (κ2) is 9.60. The fraction of sp³-hybridized carbons (Fsp3) is 0.222. The number of carbonyl (C=O) groups is 2. The van der Waals surface area contributed by atoms with Crippen molar-refractivity contribution in [1.82, 2.24) is 0 Å². The highest BCUT2D eigenvalue weighted by Crippen LogP contribution is 2.36. The van der Waals surface area contributed by atoms with Gasteiger partial charge in [-0.25, -0.2) is 0 Å². The summed E-state index contributed by atoms with van der Waals surface area (Å²) < 4.78 is 10.3. The molecule has 2 rings (SSSR count). The van der Waals surface area contributed by atoms with Crippen molar-refractivity contribution in [3.05, 3.63) is 51.5 Å². The van der Waals surface area contributed by atoms with Crippen LogP contribution in [0.25, 0.3) is 0 Å². The van der Waals surface area contributed by atoms with E-state index < -0.39 is 22.7 Å². The number of ether oxygens (including phenoxy) is 2. The molecule has 0 aliphatic rings. The first-order chi connectivity index (χ1) is 13.8. The fourth-order valence-electron chi connectivity index (χ4n) is 2.24. The lowest BCUT2D eigenvalue weighted by atomic mass is 10.2. The van der Waals surface area contributed by atoms with Gasteiger partial charge in [0.1, 0.15) is 11.5 Å². The summed E-state index contributed by atoms with van der Waals surface area (Å²) in [7, 11) is 2.83. The zero-order valence-corrected chi connectivity index (χ0v) is 16.5. The third-order valence-electron chi connectivity index (χ3n) is 3.71. The molecule has 10 nitrogen and oxygen atoms in total. The van der Waals surface area contributed by atoms with E-state index in [0.717, 1.165) is 0 Å². The summed E-state index contributed by atoms with van der Waals surface area (Å²) in [5.41, 5.74) is 0.355. The molecule has 0 bridgehead atoms. The van der Waals surface area contributed by atoms with Crippen LogP contribution in [0, 0.1) is 10.1 Å². The van der Waals surface area contributed by atoms with E-state index in [1.807, 2.05) is 0 Å². The van der Waals surface area contributed by atoms with Crippen LogP contribution in [0.2, 0.25) is 5.02 Å². The van der Waals surface area contributed by atoms with E-state index in [0.29, 0.717) is 5.75 Å². The molecule has 0 aromatic heterocycles. The third-order valence-corrected chi connectivity index (χ3v) is 4.01. The normalized spacial score (nSPS) is 11.7. The van der Waals surface area contributed by atoms with Gasteiger partial charge in [-0.05, 0) is 25.1 Å². The lowest BCUT2D eigenvalue weighted by Gasteiger charge is -2.14. The number of Topliss-reactive ketones (excluding diaryl/α,β-unsaturated/α-hetero) is 1. The lowest BCUT2D eigenvalue weighted by Crippen LogP contribution is -2.32. The van der Waals surface area contributed by atoms with Crippen LogP contribution in [0.1, 0.15) is 6.92 Å². The Labute approximate surface area is 170 Å². The van der Waals surface area contributed by atoms with Gasteiger partial charge in [0.2, 0.25) is 6.04 Å². The molecule has 1 atom stereocenters. The smallest absolute Gasteiger partial charge is 0.269 e. The number of anilines is 1. The van der Waals surface area contributed by atoms with Crippen molar-refractivity contribution in [2.45, 2.75) is 13.0 Å². The van der Waals surface area contributed by atoms with Gasteiger partial charge in [-0.2, -0.15) is 10.2 Å². The molecule has 29 heavy (non-hydrogen) atoms. The topological polar surface area (TPSA) is 132 Å². The first kappa shape index (κ1) is 21.8. The number of halogens is 1. The number of hydrogen-bond donors (Lipinski definition) is 1. The zero-order valence-electron chi connectivity index (χ0n) is 15.7. The van der Waals surface area contributed by atoms with Crippen LogP contribution in [0.3, 0.4) is 0 Å².